The lowest BCUT2D eigenvalue weighted by atomic mass is 9.94. The zero-order chi connectivity index (χ0) is 17.5. The SMILES string of the molecule is COC1C=CC(CNC(OC)C2CSC(Nc3ccncn3)=N2)CC1. The van der Waals surface area contributed by atoms with E-state index in [1.165, 1.54) is 6.33 Å². The van der Waals surface area contributed by atoms with Crippen LogP contribution in [0.3, 0.4) is 0 Å². The number of nitrogens with one attached hydrogen (secondary N) is 2. The summed E-state index contributed by atoms with van der Waals surface area (Å²) in [5.41, 5.74) is 0. The summed E-state index contributed by atoms with van der Waals surface area (Å²) in [5, 5.41) is 7.60. The first kappa shape index (κ1) is 18.3. The smallest absolute Gasteiger partial charge is 0.162 e. The maximum atomic E-state index is 5.63. The number of thioether (sulfide) groups is 1. The van der Waals surface area contributed by atoms with Gasteiger partial charge < -0.3 is 14.8 Å². The summed E-state index contributed by atoms with van der Waals surface area (Å²) in [6.45, 7) is 0.886. The molecule has 3 rings (SSSR count). The first-order valence-corrected chi connectivity index (χ1v) is 9.48. The van der Waals surface area contributed by atoms with E-state index in [-0.39, 0.29) is 18.4 Å². The maximum absolute atomic E-state index is 5.63. The van der Waals surface area contributed by atoms with Gasteiger partial charge in [0.05, 0.1) is 6.10 Å². The zero-order valence-corrected chi connectivity index (χ0v) is 15.4. The van der Waals surface area contributed by atoms with Crippen LogP contribution in [0.25, 0.3) is 0 Å². The van der Waals surface area contributed by atoms with E-state index < -0.39 is 0 Å². The van der Waals surface area contributed by atoms with Crippen molar-refractivity contribution in [3.8, 4) is 0 Å². The molecule has 8 heteroatoms. The van der Waals surface area contributed by atoms with Gasteiger partial charge in [-0.1, -0.05) is 23.9 Å². The summed E-state index contributed by atoms with van der Waals surface area (Å²) in [6, 6.07) is 1.91. The summed E-state index contributed by atoms with van der Waals surface area (Å²) in [4.78, 5) is 12.8. The lowest BCUT2D eigenvalue weighted by molar-refractivity contribution is 0.0557. The predicted octanol–water partition coefficient (Wildman–Crippen LogP) is 1.90. The van der Waals surface area contributed by atoms with E-state index in [2.05, 4.69) is 32.8 Å². The van der Waals surface area contributed by atoms with Crippen LogP contribution in [0.4, 0.5) is 5.82 Å². The Bertz CT molecular complexity index is 598. The molecule has 1 aliphatic heterocycles. The Morgan fingerprint density at radius 3 is 2.92 bits per heavy atom. The molecular weight excluding hydrogens is 338 g/mol. The minimum absolute atomic E-state index is 0.0821. The molecule has 0 amide bonds. The van der Waals surface area contributed by atoms with Crippen molar-refractivity contribution in [2.75, 3.05) is 31.8 Å². The van der Waals surface area contributed by atoms with Crippen molar-refractivity contribution < 1.29 is 9.47 Å². The second-order valence-electron chi connectivity index (χ2n) is 6.09. The van der Waals surface area contributed by atoms with Gasteiger partial charge in [-0.3, -0.25) is 10.3 Å². The van der Waals surface area contributed by atoms with Crippen LogP contribution in [0.5, 0.6) is 0 Å². The van der Waals surface area contributed by atoms with Crippen LogP contribution in [0.2, 0.25) is 0 Å². The molecular formula is C17H25N5O2S. The normalized spacial score (nSPS) is 27.1. The zero-order valence-electron chi connectivity index (χ0n) is 14.6. The second kappa shape index (κ2) is 9.28. The molecule has 25 heavy (non-hydrogen) atoms. The summed E-state index contributed by atoms with van der Waals surface area (Å²) >= 11 is 1.68. The molecule has 1 aromatic rings. The third-order valence-corrected chi connectivity index (χ3v) is 5.39. The molecule has 0 radical (unpaired) electrons. The lowest BCUT2D eigenvalue weighted by Gasteiger charge is -2.26. The molecule has 136 valence electrons. The van der Waals surface area contributed by atoms with Gasteiger partial charge in [-0.25, -0.2) is 9.97 Å². The lowest BCUT2D eigenvalue weighted by Crippen LogP contribution is -2.43. The first-order chi connectivity index (χ1) is 12.3. The molecule has 0 fully saturated rings. The highest BCUT2D eigenvalue weighted by Gasteiger charge is 2.27. The highest BCUT2D eigenvalue weighted by molar-refractivity contribution is 8.14. The van der Waals surface area contributed by atoms with Crippen molar-refractivity contribution >= 4 is 22.7 Å². The number of ether oxygens (including phenoxy) is 2. The Morgan fingerprint density at radius 2 is 2.24 bits per heavy atom. The van der Waals surface area contributed by atoms with Crippen LogP contribution in [0, 0.1) is 5.92 Å². The minimum atomic E-state index is -0.0919. The average Bonchev–Trinajstić information content (AvgIpc) is 3.12. The summed E-state index contributed by atoms with van der Waals surface area (Å²) in [6.07, 6.45) is 10.00. The van der Waals surface area contributed by atoms with Gasteiger partial charge in [0.2, 0.25) is 0 Å². The van der Waals surface area contributed by atoms with Crippen molar-refractivity contribution in [2.24, 2.45) is 10.9 Å². The molecule has 2 N–H and O–H groups in total. The number of hydrogen-bond acceptors (Lipinski definition) is 8. The molecule has 4 unspecified atom stereocenters. The van der Waals surface area contributed by atoms with Gasteiger partial charge >= 0.3 is 0 Å². The van der Waals surface area contributed by atoms with Gasteiger partial charge in [0.25, 0.3) is 0 Å². The maximum Gasteiger partial charge on any atom is 0.162 e. The number of rotatable bonds is 7. The van der Waals surface area contributed by atoms with Crippen molar-refractivity contribution in [3.63, 3.8) is 0 Å². The van der Waals surface area contributed by atoms with Gasteiger partial charge in [0, 0.05) is 32.7 Å². The number of anilines is 1. The fourth-order valence-corrected chi connectivity index (χ4v) is 3.91. The molecule has 0 saturated heterocycles. The van der Waals surface area contributed by atoms with Crippen LogP contribution < -0.4 is 10.6 Å². The van der Waals surface area contributed by atoms with Crippen molar-refractivity contribution in [2.45, 2.75) is 31.2 Å². The van der Waals surface area contributed by atoms with Crippen molar-refractivity contribution in [3.05, 3.63) is 30.7 Å². The molecule has 1 aromatic heterocycles. The third-order valence-electron chi connectivity index (χ3n) is 4.40. The molecule has 2 heterocycles. The van der Waals surface area contributed by atoms with Gasteiger partial charge in [-0.05, 0) is 24.8 Å². The van der Waals surface area contributed by atoms with Crippen LogP contribution in [0.15, 0.2) is 35.7 Å². The number of amidine groups is 1. The Kier molecular flexibility index (Phi) is 6.80. The third kappa shape index (κ3) is 5.24. The quantitative estimate of drug-likeness (QED) is 0.566. The number of nitrogens with zero attached hydrogens (tertiary/aromatic N) is 3. The fourth-order valence-electron chi connectivity index (χ4n) is 2.95. The van der Waals surface area contributed by atoms with Crippen LogP contribution >= 0.6 is 11.8 Å². The van der Waals surface area contributed by atoms with Crippen LogP contribution in [-0.4, -0.2) is 60.0 Å². The Morgan fingerprint density at radius 1 is 1.32 bits per heavy atom. The van der Waals surface area contributed by atoms with Gasteiger partial charge in [-0.2, -0.15) is 0 Å². The van der Waals surface area contributed by atoms with Crippen molar-refractivity contribution in [1.82, 2.24) is 15.3 Å². The molecule has 7 nitrogen and oxygen atoms in total. The van der Waals surface area contributed by atoms with Crippen LogP contribution in [-0.2, 0) is 9.47 Å². The number of methoxy groups -OCH3 is 2. The fraction of sp³-hybridized carbons (Fsp3) is 0.588. The topological polar surface area (TPSA) is 80.7 Å². The second-order valence-corrected chi connectivity index (χ2v) is 7.10. The molecule has 0 spiro atoms. The van der Waals surface area contributed by atoms with Crippen LogP contribution in [0.1, 0.15) is 12.8 Å². The summed E-state index contributed by atoms with van der Waals surface area (Å²) in [7, 11) is 3.49. The number of aromatic nitrogens is 2. The standard InChI is InChI=1S/C17H25N5O2S/c1-23-13-5-3-12(4-6-13)9-19-16(24-2)14-10-25-17(21-14)22-15-7-8-18-11-20-15/h3,5,7-8,11-14,16,19H,4,6,9-10H2,1-2H3,(H,18,20,21,22). The van der Waals surface area contributed by atoms with E-state index in [1.54, 1.807) is 32.2 Å². The predicted molar refractivity (Wildman–Crippen MR) is 101 cm³/mol. The minimum Gasteiger partial charge on any atom is -0.377 e. The molecule has 0 aromatic carbocycles. The van der Waals surface area contributed by atoms with Gasteiger partial charge in [0.1, 0.15) is 24.4 Å². The van der Waals surface area contributed by atoms with E-state index in [0.29, 0.717) is 5.92 Å². The summed E-state index contributed by atoms with van der Waals surface area (Å²) in [5.74, 6) is 2.15. The Labute approximate surface area is 152 Å². The molecule has 2 aliphatic rings. The summed E-state index contributed by atoms with van der Waals surface area (Å²) < 4.78 is 11.0. The highest BCUT2D eigenvalue weighted by atomic mass is 32.2. The van der Waals surface area contributed by atoms with E-state index >= 15 is 0 Å². The number of hydrogen-bond donors (Lipinski definition) is 2. The van der Waals surface area contributed by atoms with Gasteiger partial charge in [0.15, 0.2) is 5.17 Å². The Hall–Kier alpha value is -1.48. The monoisotopic (exact) mass is 363 g/mol. The number of aliphatic imine (C=N–C) groups is 1. The highest BCUT2D eigenvalue weighted by Crippen LogP contribution is 2.23. The first-order valence-electron chi connectivity index (χ1n) is 8.49. The van der Waals surface area contributed by atoms with E-state index in [9.17, 15) is 0 Å². The van der Waals surface area contributed by atoms with E-state index in [0.717, 1.165) is 36.1 Å². The molecule has 1 aliphatic carbocycles. The van der Waals surface area contributed by atoms with E-state index in [4.69, 9.17) is 14.5 Å². The van der Waals surface area contributed by atoms with E-state index in [1.807, 2.05) is 6.07 Å². The molecule has 0 saturated carbocycles. The van der Waals surface area contributed by atoms with Gasteiger partial charge in [-0.15, -0.1) is 0 Å². The molecule has 4 atom stereocenters. The Balaban J connectivity index is 1.50. The average molecular weight is 363 g/mol. The largest absolute Gasteiger partial charge is 0.377 e. The van der Waals surface area contributed by atoms with Crippen molar-refractivity contribution in [1.29, 1.82) is 0 Å². The molecule has 0 bridgehead atoms.